The largest absolute Gasteiger partial charge is 0.467 e. The van der Waals surface area contributed by atoms with E-state index in [9.17, 15) is 4.79 Å². The number of thioether (sulfide) groups is 1. The molecule has 0 unspecified atom stereocenters. The summed E-state index contributed by atoms with van der Waals surface area (Å²) in [6, 6.07) is 17.2. The zero-order valence-electron chi connectivity index (χ0n) is 14.9. The molecule has 7 nitrogen and oxygen atoms in total. The molecule has 8 heteroatoms. The first-order valence-electron chi connectivity index (χ1n) is 8.64. The Morgan fingerprint density at radius 2 is 1.96 bits per heavy atom. The van der Waals surface area contributed by atoms with Crippen LogP contribution in [-0.2, 0) is 11.3 Å². The molecular formula is C20H17N5O2S. The van der Waals surface area contributed by atoms with Crippen LogP contribution in [0.2, 0.25) is 0 Å². The van der Waals surface area contributed by atoms with E-state index in [1.165, 1.54) is 11.8 Å². The van der Waals surface area contributed by atoms with Crippen molar-refractivity contribution in [2.75, 3.05) is 5.75 Å². The number of carbonyl (C=O) groups is 1. The Labute approximate surface area is 165 Å². The Hall–Kier alpha value is -3.39. The molecule has 0 spiro atoms. The van der Waals surface area contributed by atoms with Crippen molar-refractivity contribution in [2.45, 2.75) is 11.7 Å². The first kappa shape index (κ1) is 18.0. The topological polar surface area (TPSA) is 85.8 Å². The van der Waals surface area contributed by atoms with Gasteiger partial charge in [-0.05, 0) is 36.4 Å². The Morgan fingerprint density at radius 1 is 1.07 bits per heavy atom. The number of pyridine rings is 1. The zero-order chi connectivity index (χ0) is 19.2. The van der Waals surface area contributed by atoms with Gasteiger partial charge in [0, 0.05) is 23.6 Å². The molecule has 28 heavy (non-hydrogen) atoms. The van der Waals surface area contributed by atoms with Crippen molar-refractivity contribution < 1.29 is 9.21 Å². The third-order valence-electron chi connectivity index (χ3n) is 3.94. The van der Waals surface area contributed by atoms with Crippen LogP contribution >= 0.6 is 11.8 Å². The highest BCUT2D eigenvalue weighted by molar-refractivity contribution is 7.99. The molecule has 0 radical (unpaired) electrons. The summed E-state index contributed by atoms with van der Waals surface area (Å²) in [6.07, 6.45) is 5.04. The second-order valence-corrected chi connectivity index (χ2v) is 6.81. The fraction of sp³-hybridized carbons (Fsp3) is 0.100. The van der Waals surface area contributed by atoms with E-state index in [-0.39, 0.29) is 11.7 Å². The summed E-state index contributed by atoms with van der Waals surface area (Å²) in [7, 11) is 0. The van der Waals surface area contributed by atoms with Crippen LogP contribution in [0, 0.1) is 0 Å². The van der Waals surface area contributed by atoms with Gasteiger partial charge in [0.05, 0.1) is 18.6 Å². The molecule has 0 bridgehead atoms. The molecule has 0 aliphatic heterocycles. The number of rotatable bonds is 7. The molecule has 3 heterocycles. The lowest BCUT2D eigenvalue weighted by atomic mass is 10.2. The number of hydrogen-bond acceptors (Lipinski definition) is 6. The Kier molecular flexibility index (Phi) is 5.48. The van der Waals surface area contributed by atoms with Crippen LogP contribution in [0.15, 0.2) is 82.8 Å². The molecular weight excluding hydrogens is 374 g/mol. The van der Waals surface area contributed by atoms with Crippen molar-refractivity contribution in [3.8, 4) is 17.1 Å². The molecule has 0 aliphatic rings. The van der Waals surface area contributed by atoms with Crippen LogP contribution in [0.25, 0.3) is 17.1 Å². The van der Waals surface area contributed by atoms with E-state index in [1.54, 1.807) is 24.7 Å². The summed E-state index contributed by atoms with van der Waals surface area (Å²) in [5.74, 6) is 1.51. The fourth-order valence-electron chi connectivity index (χ4n) is 2.64. The van der Waals surface area contributed by atoms with E-state index in [4.69, 9.17) is 4.42 Å². The van der Waals surface area contributed by atoms with Gasteiger partial charge in [-0.25, -0.2) is 0 Å². The van der Waals surface area contributed by atoms with Crippen LogP contribution in [-0.4, -0.2) is 31.4 Å². The molecule has 1 aromatic carbocycles. The van der Waals surface area contributed by atoms with Crippen molar-refractivity contribution in [3.63, 3.8) is 0 Å². The number of carbonyl (C=O) groups excluding carboxylic acids is 1. The molecule has 3 aromatic heterocycles. The van der Waals surface area contributed by atoms with E-state index in [1.807, 2.05) is 53.1 Å². The fourth-order valence-corrected chi connectivity index (χ4v) is 3.42. The van der Waals surface area contributed by atoms with Gasteiger partial charge in [-0.15, -0.1) is 10.2 Å². The van der Waals surface area contributed by atoms with Gasteiger partial charge in [0.15, 0.2) is 11.0 Å². The molecule has 0 saturated carbocycles. The van der Waals surface area contributed by atoms with Crippen LogP contribution < -0.4 is 5.32 Å². The zero-order valence-corrected chi connectivity index (χ0v) is 15.7. The van der Waals surface area contributed by atoms with Crippen LogP contribution in [0.3, 0.4) is 0 Å². The van der Waals surface area contributed by atoms with Crippen LogP contribution in [0.1, 0.15) is 5.76 Å². The smallest absolute Gasteiger partial charge is 0.230 e. The highest BCUT2D eigenvalue weighted by Gasteiger charge is 2.17. The third kappa shape index (κ3) is 4.12. The molecule has 0 aliphatic carbocycles. The summed E-state index contributed by atoms with van der Waals surface area (Å²) < 4.78 is 7.15. The molecule has 1 amide bonds. The Morgan fingerprint density at radius 3 is 2.71 bits per heavy atom. The number of hydrogen-bond donors (Lipinski definition) is 1. The highest BCUT2D eigenvalue weighted by atomic mass is 32.2. The van der Waals surface area contributed by atoms with Gasteiger partial charge in [-0.3, -0.25) is 14.3 Å². The van der Waals surface area contributed by atoms with Crippen molar-refractivity contribution in [1.29, 1.82) is 0 Å². The van der Waals surface area contributed by atoms with E-state index >= 15 is 0 Å². The summed E-state index contributed by atoms with van der Waals surface area (Å²) in [6.45, 7) is 0.360. The average Bonchev–Trinajstić information content (AvgIpc) is 3.42. The van der Waals surface area contributed by atoms with E-state index in [2.05, 4.69) is 20.5 Å². The summed E-state index contributed by atoms with van der Waals surface area (Å²) in [4.78, 5) is 16.4. The lowest BCUT2D eigenvalue weighted by Gasteiger charge is -2.10. The van der Waals surface area contributed by atoms with E-state index in [0.29, 0.717) is 23.3 Å². The number of benzene rings is 1. The minimum absolute atomic E-state index is 0.105. The van der Waals surface area contributed by atoms with Gasteiger partial charge >= 0.3 is 0 Å². The molecule has 4 rings (SSSR count). The van der Waals surface area contributed by atoms with Crippen molar-refractivity contribution in [3.05, 3.63) is 79.0 Å². The highest BCUT2D eigenvalue weighted by Crippen LogP contribution is 2.27. The molecule has 4 aromatic rings. The molecule has 0 saturated heterocycles. The normalized spacial score (nSPS) is 10.7. The SMILES string of the molecule is O=C(CSc1nnc(-c2cccnc2)n1-c1ccccc1)NCc1ccco1. The van der Waals surface area contributed by atoms with E-state index < -0.39 is 0 Å². The Bertz CT molecular complexity index is 1030. The summed E-state index contributed by atoms with van der Waals surface area (Å²) in [5, 5.41) is 12.1. The number of aromatic nitrogens is 4. The van der Waals surface area contributed by atoms with Crippen molar-refractivity contribution >= 4 is 17.7 Å². The summed E-state index contributed by atoms with van der Waals surface area (Å²) >= 11 is 1.33. The number of amides is 1. The quantitative estimate of drug-likeness (QED) is 0.486. The van der Waals surface area contributed by atoms with Gasteiger partial charge < -0.3 is 9.73 Å². The second-order valence-electron chi connectivity index (χ2n) is 5.86. The maximum atomic E-state index is 12.2. The molecule has 0 fully saturated rings. The second kappa shape index (κ2) is 8.53. The maximum absolute atomic E-state index is 12.2. The number of nitrogens with one attached hydrogen (secondary N) is 1. The van der Waals surface area contributed by atoms with Crippen molar-refractivity contribution in [1.82, 2.24) is 25.1 Å². The molecule has 140 valence electrons. The van der Waals surface area contributed by atoms with Gasteiger partial charge in [0.2, 0.25) is 5.91 Å². The summed E-state index contributed by atoms with van der Waals surface area (Å²) in [5.41, 5.74) is 1.78. The lowest BCUT2D eigenvalue weighted by molar-refractivity contribution is -0.118. The first-order valence-corrected chi connectivity index (χ1v) is 9.63. The minimum Gasteiger partial charge on any atom is -0.467 e. The first-order chi connectivity index (χ1) is 13.8. The third-order valence-corrected chi connectivity index (χ3v) is 4.87. The van der Waals surface area contributed by atoms with Crippen molar-refractivity contribution in [2.24, 2.45) is 0 Å². The number of furan rings is 1. The van der Waals surface area contributed by atoms with Gasteiger partial charge in [0.1, 0.15) is 5.76 Å². The van der Waals surface area contributed by atoms with E-state index in [0.717, 1.165) is 11.3 Å². The molecule has 1 N–H and O–H groups in total. The average molecular weight is 391 g/mol. The van der Waals surface area contributed by atoms with Crippen LogP contribution in [0.4, 0.5) is 0 Å². The standard InChI is InChI=1S/C20H17N5O2S/c26-18(22-13-17-9-5-11-27-17)14-28-20-24-23-19(15-6-4-10-21-12-15)25(20)16-7-2-1-3-8-16/h1-12H,13-14H2,(H,22,26). The van der Waals surface area contributed by atoms with Crippen LogP contribution in [0.5, 0.6) is 0 Å². The number of nitrogens with zero attached hydrogens (tertiary/aromatic N) is 4. The molecule has 0 atom stereocenters. The number of para-hydroxylation sites is 1. The Balaban J connectivity index is 1.53. The van der Waals surface area contributed by atoms with Gasteiger partial charge in [0.25, 0.3) is 0 Å². The predicted octanol–water partition coefficient (Wildman–Crippen LogP) is 3.33. The lowest BCUT2D eigenvalue weighted by Crippen LogP contribution is -2.24. The van der Waals surface area contributed by atoms with Gasteiger partial charge in [-0.2, -0.15) is 0 Å². The minimum atomic E-state index is -0.105. The maximum Gasteiger partial charge on any atom is 0.230 e. The monoisotopic (exact) mass is 391 g/mol. The van der Waals surface area contributed by atoms with Gasteiger partial charge in [-0.1, -0.05) is 30.0 Å². The predicted molar refractivity (Wildman–Crippen MR) is 106 cm³/mol.